The zero-order valence-electron chi connectivity index (χ0n) is 15.2. The highest BCUT2D eigenvalue weighted by atomic mass is 19.1. The zero-order valence-corrected chi connectivity index (χ0v) is 15.2. The minimum atomic E-state index is -0.295. The molecule has 0 unspecified atom stereocenters. The van der Waals surface area contributed by atoms with Crippen molar-refractivity contribution in [2.75, 3.05) is 11.9 Å². The molecule has 138 valence electrons. The Hall–Kier alpha value is -3.29. The number of anilines is 1. The Balaban J connectivity index is 1.53. The fraction of sp³-hybridized carbons (Fsp3) is 0.263. The van der Waals surface area contributed by atoms with Crippen LogP contribution in [0.3, 0.4) is 0 Å². The molecule has 27 heavy (non-hydrogen) atoms. The Kier molecular flexibility index (Phi) is 4.53. The number of nitrogens with zero attached hydrogens (tertiary/aromatic N) is 6. The fourth-order valence-electron chi connectivity index (χ4n) is 3.06. The summed E-state index contributed by atoms with van der Waals surface area (Å²) in [6.07, 6.45) is 2.55. The van der Waals surface area contributed by atoms with Crippen LogP contribution in [0.5, 0.6) is 0 Å². The quantitative estimate of drug-likeness (QED) is 0.531. The molecule has 0 saturated heterocycles. The van der Waals surface area contributed by atoms with Crippen molar-refractivity contribution in [1.82, 2.24) is 29.4 Å². The van der Waals surface area contributed by atoms with Gasteiger partial charge in [-0.25, -0.2) is 14.4 Å². The summed E-state index contributed by atoms with van der Waals surface area (Å²) in [5.74, 6) is 2.17. The van der Waals surface area contributed by atoms with E-state index in [0.717, 1.165) is 30.4 Å². The lowest BCUT2D eigenvalue weighted by molar-refractivity contribution is 0.571. The zero-order chi connectivity index (χ0) is 18.8. The summed E-state index contributed by atoms with van der Waals surface area (Å²) >= 11 is 0. The Morgan fingerprint density at radius 1 is 1.11 bits per heavy atom. The molecule has 0 bridgehead atoms. The second-order valence-corrected chi connectivity index (χ2v) is 6.32. The van der Waals surface area contributed by atoms with Crippen LogP contribution >= 0.6 is 0 Å². The summed E-state index contributed by atoms with van der Waals surface area (Å²) in [7, 11) is 0. The van der Waals surface area contributed by atoms with E-state index < -0.39 is 0 Å². The summed E-state index contributed by atoms with van der Waals surface area (Å²) in [6.45, 7) is 5.32. The van der Waals surface area contributed by atoms with E-state index in [1.165, 1.54) is 6.07 Å². The van der Waals surface area contributed by atoms with Crippen LogP contribution in [0.1, 0.15) is 18.1 Å². The third-order valence-electron chi connectivity index (χ3n) is 4.32. The number of hydrogen-bond donors (Lipinski definition) is 1. The first-order valence-corrected chi connectivity index (χ1v) is 8.83. The van der Waals surface area contributed by atoms with Crippen molar-refractivity contribution in [1.29, 1.82) is 0 Å². The third kappa shape index (κ3) is 3.51. The predicted octanol–water partition coefficient (Wildman–Crippen LogP) is 3.25. The molecule has 4 aromatic rings. The molecule has 1 N–H and O–H groups in total. The van der Waals surface area contributed by atoms with Gasteiger partial charge < -0.3 is 5.32 Å². The second kappa shape index (κ2) is 7.14. The molecular formula is C19H20FN7. The van der Waals surface area contributed by atoms with Gasteiger partial charge in [-0.3, -0.25) is 4.68 Å². The van der Waals surface area contributed by atoms with Crippen LogP contribution in [0.2, 0.25) is 0 Å². The Morgan fingerprint density at radius 3 is 2.74 bits per heavy atom. The van der Waals surface area contributed by atoms with Gasteiger partial charge in [-0.15, -0.1) is 0 Å². The molecule has 0 amide bonds. The van der Waals surface area contributed by atoms with Crippen molar-refractivity contribution in [3.63, 3.8) is 0 Å². The highest BCUT2D eigenvalue weighted by Gasteiger charge is 2.11. The number of aromatic nitrogens is 6. The van der Waals surface area contributed by atoms with Crippen LogP contribution in [-0.2, 0) is 6.54 Å². The van der Waals surface area contributed by atoms with Gasteiger partial charge in [0.1, 0.15) is 23.3 Å². The number of rotatable bonds is 6. The van der Waals surface area contributed by atoms with Crippen molar-refractivity contribution in [2.24, 2.45) is 0 Å². The van der Waals surface area contributed by atoms with Gasteiger partial charge in [-0.05, 0) is 32.4 Å². The first-order valence-electron chi connectivity index (χ1n) is 8.83. The number of fused-ring (bicyclic) bond motifs is 1. The largest absolute Gasteiger partial charge is 0.370 e. The van der Waals surface area contributed by atoms with E-state index >= 15 is 0 Å². The summed E-state index contributed by atoms with van der Waals surface area (Å²) in [5.41, 5.74) is 1.71. The monoisotopic (exact) mass is 365 g/mol. The average Bonchev–Trinajstić information content (AvgIpc) is 3.24. The van der Waals surface area contributed by atoms with Gasteiger partial charge in [0.15, 0.2) is 5.65 Å². The van der Waals surface area contributed by atoms with E-state index in [0.29, 0.717) is 23.4 Å². The van der Waals surface area contributed by atoms with Gasteiger partial charge in [0.2, 0.25) is 0 Å². The molecule has 0 aliphatic rings. The van der Waals surface area contributed by atoms with Crippen LogP contribution in [0.4, 0.5) is 10.2 Å². The van der Waals surface area contributed by atoms with Gasteiger partial charge in [0.05, 0.1) is 11.9 Å². The smallest absolute Gasteiger partial charge is 0.157 e. The van der Waals surface area contributed by atoms with Gasteiger partial charge in [-0.2, -0.15) is 14.7 Å². The van der Waals surface area contributed by atoms with Crippen LogP contribution in [0.15, 0.2) is 42.6 Å². The molecular weight excluding hydrogens is 345 g/mol. The molecule has 0 aliphatic heterocycles. The molecule has 0 saturated carbocycles. The second-order valence-electron chi connectivity index (χ2n) is 6.32. The van der Waals surface area contributed by atoms with Crippen molar-refractivity contribution in [2.45, 2.75) is 26.8 Å². The fourth-order valence-corrected chi connectivity index (χ4v) is 3.06. The molecule has 3 heterocycles. The number of halogens is 1. The van der Waals surface area contributed by atoms with Crippen molar-refractivity contribution in [3.05, 3.63) is 60.1 Å². The van der Waals surface area contributed by atoms with E-state index in [-0.39, 0.29) is 5.82 Å². The summed E-state index contributed by atoms with van der Waals surface area (Å²) in [4.78, 5) is 8.82. The summed E-state index contributed by atoms with van der Waals surface area (Å²) in [5, 5.41) is 12.0. The standard InChI is InChI=1S/C19H20FN7/c1-13-23-14(2)26(25-13)11-5-9-21-19-12-17(15-6-3-4-7-16(15)20)24-18-8-10-22-27(18)19/h3-4,6-8,10,12,21H,5,9,11H2,1-2H3. The maximum Gasteiger partial charge on any atom is 0.157 e. The maximum absolute atomic E-state index is 14.2. The average molecular weight is 365 g/mol. The Morgan fingerprint density at radius 2 is 1.96 bits per heavy atom. The molecule has 3 aromatic heterocycles. The van der Waals surface area contributed by atoms with Crippen molar-refractivity contribution < 1.29 is 4.39 Å². The van der Waals surface area contributed by atoms with Gasteiger partial charge in [-0.1, -0.05) is 12.1 Å². The lowest BCUT2D eigenvalue weighted by Gasteiger charge is -2.11. The van der Waals surface area contributed by atoms with E-state index in [1.807, 2.05) is 24.6 Å². The van der Waals surface area contributed by atoms with E-state index in [1.54, 1.807) is 35.0 Å². The summed E-state index contributed by atoms with van der Waals surface area (Å²) in [6, 6.07) is 10.3. The Labute approximate surface area is 155 Å². The Bertz CT molecular complexity index is 1080. The molecule has 4 rings (SSSR count). The van der Waals surface area contributed by atoms with Crippen LogP contribution in [0, 0.1) is 19.7 Å². The lowest BCUT2D eigenvalue weighted by atomic mass is 10.1. The maximum atomic E-state index is 14.2. The van der Waals surface area contributed by atoms with Crippen LogP contribution in [-0.4, -0.2) is 35.9 Å². The van der Waals surface area contributed by atoms with Crippen molar-refractivity contribution in [3.8, 4) is 11.3 Å². The minimum absolute atomic E-state index is 0.295. The van der Waals surface area contributed by atoms with Gasteiger partial charge in [0.25, 0.3) is 0 Å². The van der Waals surface area contributed by atoms with E-state index in [9.17, 15) is 4.39 Å². The molecule has 8 heteroatoms. The third-order valence-corrected chi connectivity index (χ3v) is 4.32. The van der Waals surface area contributed by atoms with E-state index in [2.05, 4.69) is 25.5 Å². The molecule has 0 fully saturated rings. The number of benzene rings is 1. The SMILES string of the molecule is Cc1nc(C)n(CCCNc2cc(-c3ccccc3F)nc3ccnn23)n1. The van der Waals surface area contributed by atoms with E-state index in [4.69, 9.17) is 0 Å². The van der Waals surface area contributed by atoms with Gasteiger partial charge in [0, 0.05) is 30.8 Å². The molecule has 0 aliphatic carbocycles. The highest BCUT2D eigenvalue weighted by molar-refractivity contribution is 5.66. The van der Waals surface area contributed by atoms with Gasteiger partial charge >= 0.3 is 0 Å². The molecule has 1 aromatic carbocycles. The van der Waals surface area contributed by atoms with Crippen LogP contribution < -0.4 is 5.32 Å². The molecule has 7 nitrogen and oxygen atoms in total. The number of aryl methyl sites for hydroxylation is 3. The van der Waals surface area contributed by atoms with Crippen molar-refractivity contribution >= 4 is 11.5 Å². The first kappa shape index (κ1) is 17.1. The molecule has 0 spiro atoms. The first-order chi connectivity index (χ1) is 13.1. The highest BCUT2D eigenvalue weighted by Crippen LogP contribution is 2.24. The lowest BCUT2D eigenvalue weighted by Crippen LogP contribution is -2.12. The molecule has 0 radical (unpaired) electrons. The molecule has 0 atom stereocenters. The number of nitrogens with one attached hydrogen (secondary N) is 1. The van der Waals surface area contributed by atoms with Crippen LogP contribution in [0.25, 0.3) is 16.9 Å². The predicted molar refractivity (Wildman–Crippen MR) is 101 cm³/mol. The topological polar surface area (TPSA) is 72.9 Å². The summed E-state index contributed by atoms with van der Waals surface area (Å²) < 4.78 is 17.8. The minimum Gasteiger partial charge on any atom is -0.370 e. The normalized spacial score (nSPS) is 11.2. The number of hydrogen-bond acceptors (Lipinski definition) is 5.